The quantitative estimate of drug-likeness (QED) is 0.737. The van der Waals surface area contributed by atoms with Crippen molar-refractivity contribution in [2.24, 2.45) is 0 Å². The minimum atomic E-state index is -4.00. The Labute approximate surface area is 138 Å². The Morgan fingerprint density at radius 1 is 1.00 bits per heavy atom. The first-order valence-electron chi connectivity index (χ1n) is 7.70. The van der Waals surface area contributed by atoms with Gasteiger partial charge < -0.3 is 8.60 Å². The molecule has 7 heteroatoms. The van der Waals surface area contributed by atoms with E-state index in [2.05, 4.69) is 4.98 Å². The molecule has 1 aromatic heterocycles. The van der Waals surface area contributed by atoms with Crippen LogP contribution in [-0.4, -0.2) is 13.4 Å². The fraction of sp³-hybridized carbons (Fsp3) is 0.235. The van der Waals surface area contributed by atoms with E-state index in [1.165, 1.54) is 23.8 Å². The summed E-state index contributed by atoms with van der Waals surface area (Å²) in [5.41, 5.74) is 3.00. The molecule has 24 heavy (non-hydrogen) atoms. The molecule has 1 aliphatic carbocycles. The molecule has 6 nitrogen and oxygen atoms in total. The number of H-pyrrole nitrogens is 1. The minimum Gasteiger partial charge on any atom is -0.408 e. The summed E-state index contributed by atoms with van der Waals surface area (Å²) in [4.78, 5) is 13.6. The van der Waals surface area contributed by atoms with E-state index in [0.29, 0.717) is 11.3 Å². The van der Waals surface area contributed by atoms with Crippen LogP contribution >= 0.6 is 0 Å². The van der Waals surface area contributed by atoms with Gasteiger partial charge in [-0.15, -0.1) is 0 Å². The van der Waals surface area contributed by atoms with Crippen LogP contribution in [-0.2, 0) is 23.0 Å². The first kappa shape index (κ1) is 15.0. The average molecular weight is 345 g/mol. The topological polar surface area (TPSA) is 89.4 Å². The van der Waals surface area contributed by atoms with Crippen LogP contribution in [0, 0.1) is 0 Å². The highest BCUT2D eigenvalue weighted by molar-refractivity contribution is 7.87. The molecular weight excluding hydrogens is 330 g/mol. The zero-order valence-electron chi connectivity index (χ0n) is 12.7. The Hall–Kier alpha value is -2.54. The lowest BCUT2D eigenvalue weighted by Gasteiger charge is -2.16. The van der Waals surface area contributed by atoms with Crippen molar-refractivity contribution < 1.29 is 17.0 Å². The number of aromatic nitrogens is 1. The normalized spacial score (nSPS) is 14.5. The number of rotatable bonds is 3. The third-order valence-corrected chi connectivity index (χ3v) is 5.45. The molecule has 0 saturated heterocycles. The number of nitrogens with one attached hydrogen (secondary N) is 1. The largest absolute Gasteiger partial charge is 0.417 e. The summed E-state index contributed by atoms with van der Waals surface area (Å²) in [6.45, 7) is 0. The molecule has 1 N–H and O–H groups in total. The van der Waals surface area contributed by atoms with Gasteiger partial charge in [-0.05, 0) is 61.1 Å². The molecule has 4 rings (SSSR count). The van der Waals surface area contributed by atoms with E-state index >= 15 is 0 Å². The van der Waals surface area contributed by atoms with Crippen molar-refractivity contribution in [1.82, 2.24) is 4.98 Å². The Morgan fingerprint density at radius 3 is 2.62 bits per heavy atom. The van der Waals surface area contributed by atoms with Crippen LogP contribution < -0.4 is 9.94 Å². The molecule has 0 spiro atoms. The van der Waals surface area contributed by atoms with Crippen LogP contribution in [0.1, 0.15) is 24.0 Å². The maximum atomic E-state index is 12.5. The monoisotopic (exact) mass is 345 g/mol. The highest BCUT2D eigenvalue weighted by Crippen LogP contribution is 2.27. The van der Waals surface area contributed by atoms with Crippen molar-refractivity contribution in [3.05, 3.63) is 58.1 Å². The van der Waals surface area contributed by atoms with E-state index in [-0.39, 0.29) is 10.5 Å². The van der Waals surface area contributed by atoms with Crippen LogP contribution in [0.2, 0.25) is 0 Å². The number of oxazole rings is 1. The summed E-state index contributed by atoms with van der Waals surface area (Å²) in [5.74, 6) is -0.332. The second-order valence-corrected chi connectivity index (χ2v) is 7.39. The van der Waals surface area contributed by atoms with Crippen molar-refractivity contribution in [1.29, 1.82) is 0 Å². The van der Waals surface area contributed by atoms with Gasteiger partial charge in [-0.3, -0.25) is 4.98 Å². The van der Waals surface area contributed by atoms with Crippen LogP contribution in [0.5, 0.6) is 5.75 Å². The van der Waals surface area contributed by atoms with Gasteiger partial charge in [0.2, 0.25) is 0 Å². The highest BCUT2D eigenvalue weighted by atomic mass is 32.2. The average Bonchev–Trinajstić information content (AvgIpc) is 2.93. The zero-order valence-corrected chi connectivity index (χ0v) is 13.6. The van der Waals surface area contributed by atoms with Crippen molar-refractivity contribution in [2.75, 3.05) is 0 Å². The fourth-order valence-electron chi connectivity index (χ4n) is 3.02. The van der Waals surface area contributed by atoms with E-state index in [1.807, 2.05) is 6.07 Å². The number of benzene rings is 2. The van der Waals surface area contributed by atoms with E-state index in [0.717, 1.165) is 31.2 Å². The number of hydrogen-bond acceptors (Lipinski definition) is 5. The molecule has 0 atom stereocenters. The Kier molecular flexibility index (Phi) is 3.45. The standard InChI is InChI=1S/C17H15NO5S/c19-17-18-15-8-7-14(10-16(15)22-17)24(20,21)23-13-6-5-11-3-1-2-4-12(11)9-13/h5-10H,1-4H2,(H,18,19). The van der Waals surface area contributed by atoms with Crippen molar-refractivity contribution in [3.8, 4) is 5.75 Å². The summed E-state index contributed by atoms with van der Waals surface area (Å²) in [6, 6.07) is 9.53. The van der Waals surface area contributed by atoms with E-state index in [1.54, 1.807) is 12.1 Å². The molecule has 3 aromatic rings. The van der Waals surface area contributed by atoms with E-state index in [4.69, 9.17) is 8.60 Å². The zero-order chi connectivity index (χ0) is 16.7. The summed E-state index contributed by atoms with van der Waals surface area (Å²) in [7, 11) is -4.00. The second kappa shape index (κ2) is 5.52. The Morgan fingerprint density at radius 2 is 1.79 bits per heavy atom. The van der Waals surface area contributed by atoms with Gasteiger partial charge in [-0.25, -0.2) is 4.79 Å². The summed E-state index contributed by atoms with van der Waals surface area (Å²) < 4.78 is 35.1. The van der Waals surface area contributed by atoms with E-state index < -0.39 is 15.9 Å². The third kappa shape index (κ3) is 2.71. The molecule has 0 radical (unpaired) electrons. The van der Waals surface area contributed by atoms with Gasteiger partial charge in [0.15, 0.2) is 5.58 Å². The first-order valence-corrected chi connectivity index (χ1v) is 9.11. The number of fused-ring (bicyclic) bond motifs is 2. The maximum Gasteiger partial charge on any atom is 0.417 e. The minimum absolute atomic E-state index is 0.0597. The molecule has 0 fully saturated rings. The number of aryl methyl sites for hydroxylation is 2. The highest BCUT2D eigenvalue weighted by Gasteiger charge is 2.19. The van der Waals surface area contributed by atoms with Crippen LogP contribution in [0.25, 0.3) is 11.1 Å². The lowest BCUT2D eigenvalue weighted by Crippen LogP contribution is -2.10. The molecule has 0 bridgehead atoms. The van der Waals surface area contributed by atoms with Gasteiger partial charge in [-0.2, -0.15) is 8.42 Å². The van der Waals surface area contributed by atoms with Gasteiger partial charge in [0, 0.05) is 6.07 Å². The van der Waals surface area contributed by atoms with Crippen molar-refractivity contribution >= 4 is 21.2 Å². The van der Waals surface area contributed by atoms with Crippen LogP contribution in [0.3, 0.4) is 0 Å². The molecular formula is C17H15NO5S. The van der Waals surface area contributed by atoms with E-state index in [9.17, 15) is 13.2 Å². The Balaban J connectivity index is 1.67. The van der Waals surface area contributed by atoms with Gasteiger partial charge >= 0.3 is 15.9 Å². The molecule has 1 aliphatic rings. The van der Waals surface area contributed by atoms with Crippen molar-refractivity contribution in [2.45, 2.75) is 30.6 Å². The second-order valence-electron chi connectivity index (χ2n) is 5.85. The SMILES string of the molecule is O=c1[nH]c2ccc(S(=O)(=O)Oc3ccc4c(c3)CCCC4)cc2o1. The predicted molar refractivity (Wildman–Crippen MR) is 87.7 cm³/mol. The smallest absolute Gasteiger partial charge is 0.408 e. The molecule has 1 heterocycles. The summed E-state index contributed by atoms with van der Waals surface area (Å²) >= 11 is 0. The molecule has 0 aliphatic heterocycles. The number of aromatic amines is 1. The lowest BCUT2D eigenvalue weighted by atomic mass is 9.92. The molecule has 0 unspecified atom stereocenters. The van der Waals surface area contributed by atoms with Gasteiger partial charge in [-0.1, -0.05) is 6.07 Å². The van der Waals surface area contributed by atoms with Gasteiger partial charge in [0.05, 0.1) is 5.52 Å². The lowest BCUT2D eigenvalue weighted by molar-refractivity contribution is 0.484. The Bertz CT molecular complexity index is 1080. The van der Waals surface area contributed by atoms with Crippen LogP contribution in [0.4, 0.5) is 0 Å². The maximum absolute atomic E-state index is 12.5. The first-order chi connectivity index (χ1) is 11.5. The van der Waals surface area contributed by atoms with Crippen molar-refractivity contribution in [3.63, 3.8) is 0 Å². The van der Waals surface area contributed by atoms with Gasteiger partial charge in [0.25, 0.3) is 0 Å². The van der Waals surface area contributed by atoms with Gasteiger partial charge in [0.1, 0.15) is 10.6 Å². The molecule has 0 saturated carbocycles. The fourth-order valence-corrected chi connectivity index (χ4v) is 3.96. The third-order valence-electron chi connectivity index (χ3n) is 4.21. The molecule has 124 valence electrons. The summed E-state index contributed by atoms with van der Waals surface area (Å²) in [5, 5.41) is 0. The summed E-state index contributed by atoms with van der Waals surface area (Å²) in [6.07, 6.45) is 4.22. The molecule has 0 amide bonds. The predicted octanol–water partition coefficient (Wildman–Crippen LogP) is 2.77. The van der Waals surface area contributed by atoms with Crippen LogP contribution in [0.15, 0.2) is 50.5 Å². The number of hydrogen-bond donors (Lipinski definition) is 1. The molecule has 2 aromatic carbocycles.